The van der Waals surface area contributed by atoms with Crippen LogP contribution in [0.3, 0.4) is 0 Å². The van der Waals surface area contributed by atoms with Crippen LogP contribution in [0.1, 0.15) is 22.8 Å². The number of phenols is 1. The van der Waals surface area contributed by atoms with Crippen LogP contribution in [0.5, 0.6) is 23.1 Å². The van der Waals surface area contributed by atoms with Crippen molar-refractivity contribution >= 4 is 23.2 Å². The summed E-state index contributed by atoms with van der Waals surface area (Å²) in [7, 11) is 4.26. The molecule has 0 aliphatic carbocycles. The van der Waals surface area contributed by atoms with Gasteiger partial charge in [-0.05, 0) is 29.8 Å². The number of para-hydroxylation sites is 1. The molecule has 10 heteroatoms. The number of phenolic OH excluding ortho intramolecular Hbond substituents is 1. The standard InChI is InChI=1S/C22H21N3O6S/c1-25-21(28)18(20(27)24-22(25)29)13-10-17(32-16-7-5-4-6-12(16)23-13)11-8-14(30-2)19(26)15(9-11)31-3/h4-9,17,26,28H,10H2,1-3H3,(H,24,27,29). The fraction of sp³-hybridized carbons (Fsp3) is 0.227. The number of nitrogens with one attached hydrogen (secondary N) is 1. The maximum Gasteiger partial charge on any atom is 0.330 e. The number of aliphatic imine (C=N–C) groups is 1. The van der Waals surface area contributed by atoms with E-state index >= 15 is 0 Å². The molecule has 9 nitrogen and oxygen atoms in total. The lowest BCUT2D eigenvalue weighted by Gasteiger charge is -2.19. The largest absolute Gasteiger partial charge is 0.502 e. The van der Waals surface area contributed by atoms with E-state index in [0.29, 0.717) is 11.4 Å². The van der Waals surface area contributed by atoms with Crippen molar-refractivity contribution in [2.45, 2.75) is 16.6 Å². The summed E-state index contributed by atoms with van der Waals surface area (Å²) < 4.78 is 11.6. The number of aromatic hydroxyl groups is 2. The van der Waals surface area contributed by atoms with E-state index in [2.05, 4.69) is 9.98 Å². The van der Waals surface area contributed by atoms with E-state index in [4.69, 9.17) is 9.47 Å². The molecular formula is C22H21N3O6S. The minimum absolute atomic E-state index is 0.0629. The second kappa shape index (κ2) is 8.46. The summed E-state index contributed by atoms with van der Waals surface area (Å²) in [5, 5.41) is 20.6. The van der Waals surface area contributed by atoms with Crippen LogP contribution in [0.15, 0.2) is 55.9 Å². The van der Waals surface area contributed by atoms with Gasteiger partial charge in [-0.15, -0.1) is 11.8 Å². The minimum atomic E-state index is -0.718. The number of fused-ring (bicyclic) bond motifs is 1. The molecule has 1 aliphatic heterocycles. The van der Waals surface area contributed by atoms with Gasteiger partial charge in [-0.25, -0.2) is 4.79 Å². The second-order valence-corrected chi connectivity index (χ2v) is 8.37. The van der Waals surface area contributed by atoms with Gasteiger partial charge in [-0.1, -0.05) is 12.1 Å². The quantitative estimate of drug-likeness (QED) is 0.552. The number of methoxy groups -OCH3 is 2. The first-order valence-corrected chi connectivity index (χ1v) is 10.5. The Labute approximate surface area is 187 Å². The van der Waals surface area contributed by atoms with E-state index in [-0.39, 0.29) is 34.5 Å². The first-order valence-electron chi connectivity index (χ1n) is 9.64. The molecule has 0 amide bonds. The monoisotopic (exact) mass is 455 g/mol. The minimum Gasteiger partial charge on any atom is -0.502 e. The molecule has 32 heavy (non-hydrogen) atoms. The molecule has 0 saturated carbocycles. The van der Waals surface area contributed by atoms with Crippen molar-refractivity contribution in [2.75, 3.05) is 14.2 Å². The highest BCUT2D eigenvalue weighted by atomic mass is 32.2. The molecular weight excluding hydrogens is 434 g/mol. The Morgan fingerprint density at radius 3 is 2.44 bits per heavy atom. The zero-order valence-corrected chi connectivity index (χ0v) is 18.4. The molecule has 3 aromatic rings. The Hall–Kier alpha value is -3.66. The number of ether oxygens (including phenoxy) is 2. The summed E-state index contributed by atoms with van der Waals surface area (Å²) in [5.41, 5.74) is 0.241. The average Bonchev–Trinajstić information content (AvgIpc) is 2.97. The third-order valence-corrected chi connectivity index (χ3v) is 6.55. The van der Waals surface area contributed by atoms with Gasteiger partial charge in [0.05, 0.1) is 25.6 Å². The Morgan fingerprint density at radius 2 is 1.78 bits per heavy atom. The zero-order chi connectivity index (χ0) is 23.0. The molecule has 2 aromatic carbocycles. The highest BCUT2D eigenvalue weighted by molar-refractivity contribution is 7.99. The number of hydrogen-bond donors (Lipinski definition) is 3. The van der Waals surface area contributed by atoms with Crippen LogP contribution < -0.4 is 20.7 Å². The second-order valence-electron chi connectivity index (χ2n) is 7.13. The molecule has 2 heterocycles. The maximum atomic E-state index is 12.6. The van der Waals surface area contributed by atoms with E-state index in [1.54, 1.807) is 12.1 Å². The summed E-state index contributed by atoms with van der Waals surface area (Å²) in [6.07, 6.45) is 0.255. The zero-order valence-electron chi connectivity index (χ0n) is 17.6. The lowest BCUT2D eigenvalue weighted by Crippen LogP contribution is -2.32. The van der Waals surface area contributed by atoms with Crippen molar-refractivity contribution in [3.63, 3.8) is 0 Å². The van der Waals surface area contributed by atoms with Gasteiger partial charge in [0.15, 0.2) is 11.5 Å². The Balaban J connectivity index is 1.92. The van der Waals surface area contributed by atoms with Gasteiger partial charge in [0.1, 0.15) is 5.56 Å². The molecule has 1 atom stereocenters. The maximum absolute atomic E-state index is 12.6. The topological polar surface area (TPSA) is 126 Å². The lowest BCUT2D eigenvalue weighted by atomic mass is 10.0. The number of hydrogen-bond acceptors (Lipinski definition) is 8. The van der Waals surface area contributed by atoms with Crippen molar-refractivity contribution in [2.24, 2.45) is 12.0 Å². The summed E-state index contributed by atoms with van der Waals surface area (Å²) in [4.78, 5) is 32.3. The summed E-state index contributed by atoms with van der Waals surface area (Å²) in [6, 6.07) is 10.9. The van der Waals surface area contributed by atoms with Crippen molar-refractivity contribution < 1.29 is 19.7 Å². The summed E-state index contributed by atoms with van der Waals surface area (Å²) in [6.45, 7) is 0. The van der Waals surface area contributed by atoms with Crippen LogP contribution in [0.25, 0.3) is 0 Å². The molecule has 3 N–H and O–H groups in total. The van der Waals surface area contributed by atoms with E-state index in [1.807, 2.05) is 24.3 Å². The molecule has 1 aromatic heterocycles. The van der Waals surface area contributed by atoms with E-state index in [1.165, 1.54) is 33.0 Å². The van der Waals surface area contributed by atoms with Crippen LogP contribution in [-0.4, -0.2) is 39.7 Å². The van der Waals surface area contributed by atoms with Crippen molar-refractivity contribution in [3.8, 4) is 23.1 Å². The van der Waals surface area contributed by atoms with Crippen molar-refractivity contribution in [3.05, 3.63) is 68.4 Å². The third-order valence-electron chi connectivity index (χ3n) is 5.22. The van der Waals surface area contributed by atoms with Gasteiger partial charge in [-0.3, -0.25) is 19.3 Å². The number of H-pyrrole nitrogens is 1. The van der Waals surface area contributed by atoms with Gasteiger partial charge >= 0.3 is 5.69 Å². The van der Waals surface area contributed by atoms with E-state index < -0.39 is 17.1 Å². The third kappa shape index (κ3) is 3.73. The number of aromatic nitrogens is 2. The number of benzene rings is 2. The van der Waals surface area contributed by atoms with Crippen LogP contribution >= 0.6 is 11.8 Å². The summed E-state index contributed by atoms with van der Waals surface area (Å²) in [5.74, 6) is -0.0714. The highest BCUT2D eigenvalue weighted by Gasteiger charge is 2.28. The molecule has 0 saturated heterocycles. The smallest absolute Gasteiger partial charge is 0.330 e. The van der Waals surface area contributed by atoms with Crippen LogP contribution in [-0.2, 0) is 7.05 Å². The van der Waals surface area contributed by atoms with E-state index in [9.17, 15) is 19.8 Å². The van der Waals surface area contributed by atoms with Gasteiger partial charge in [0.2, 0.25) is 11.6 Å². The highest BCUT2D eigenvalue weighted by Crippen LogP contribution is 2.48. The first-order chi connectivity index (χ1) is 15.3. The van der Waals surface area contributed by atoms with Crippen LogP contribution in [0, 0.1) is 0 Å². The normalized spacial score (nSPS) is 15.5. The molecule has 0 fully saturated rings. The predicted molar refractivity (Wildman–Crippen MR) is 121 cm³/mol. The van der Waals surface area contributed by atoms with E-state index in [0.717, 1.165) is 15.0 Å². The fourth-order valence-electron chi connectivity index (χ4n) is 3.52. The lowest BCUT2D eigenvalue weighted by molar-refractivity contribution is 0.339. The van der Waals surface area contributed by atoms with Crippen LogP contribution in [0.2, 0.25) is 0 Å². The van der Waals surface area contributed by atoms with Gasteiger partial charge < -0.3 is 19.7 Å². The molecule has 166 valence electrons. The molecule has 0 spiro atoms. The fourth-order valence-corrected chi connectivity index (χ4v) is 4.73. The number of rotatable bonds is 4. The van der Waals surface area contributed by atoms with Gasteiger partial charge in [-0.2, -0.15) is 0 Å². The predicted octanol–water partition coefficient (Wildman–Crippen LogP) is 2.86. The Morgan fingerprint density at radius 1 is 1.12 bits per heavy atom. The molecule has 1 aliphatic rings. The number of nitrogens with zero attached hydrogens (tertiary/aromatic N) is 2. The van der Waals surface area contributed by atoms with Crippen molar-refractivity contribution in [1.82, 2.24) is 9.55 Å². The molecule has 4 rings (SSSR count). The SMILES string of the molecule is COc1cc(C2CC(c3c(O)n(C)c(=O)[nH]c3=O)=Nc3ccccc3S2)cc(OC)c1O. The van der Waals surface area contributed by atoms with Crippen molar-refractivity contribution in [1.29, 1.82) is 0 Å². The average molecular weight is 455 g/mol. The van der Waals surface area contributed by atoms with Gasteiger partial charge in [0.25, 0.3) is 5.56 Å². The molecule has 1 unspecified atom stereocenters. The molecule has 0 bridgehead atoms. The Kier molecular flexibility index (Phi) is 5.70. The number of aromatic amines is 1. The Bertz CT molecular complexity index is 1320. The number of thioether (sulfide) groups is 1. The van der Waals surface area contributed by atoms with Crippen LogP contribution in [0.4, 0.5) is 5.69 Å². The van der Waals surface area contributed by atoms with Gasteiger partial charge in [0, 0.05) is 23.6 Å². The summed E-state index contributed by atoms with van der Waals surface area (Å²) >= 11 is 1.52. The first kappa shape index (κ1) is 21.6. The molecule has 0 radical (unpaired) electrons.